The van der Waals surface area contributed by atoms with Crippen molar-refractivity contribution in [1.82, 2.24) is 5.32 Å². The highest BCUT2D eigenvalue weighted by molar-refractivity contribution is 5.27. The highest BCUT2D eigenvalue weighted by Crippen LogP contribution is 2.18. The smallest absolute Gasteiger partial charge is 0.137 e. The number of likely N-dealkylation sites (N-methyl/N-ethyl adjacent to an activating group) is 1. The highest BCUT2D eigenvalue weighted by atomic mass is 16.5. The van der Waals surface area contributed by atoms with Crippen LogP contribution in [0.5, 0.6) is 5.75 Å². The third-order valence-corrected chi connectivity index (χ3v) is 3.29. The first-order valence-corrected chi connectivity index (χ1v) is 6.34. The minimum absolute atomic E-state index is 0.112. The van der Waals surface area contributed by atoms with E-state index in [9.17, 15) is 0 Å². The molecule has 1 aliphatic rings. The van der Waals surface area contributed by atoms with Gasteiger partial charge in [-0.25, -0.2) is 0 Å². The number of ether oxygens (including phenoxy) is 2. The van der Waals surface area contributed by atoms with Crippen molar-refractivity contribution in [2.45, 2.75) is 31.9 Å². The number of hydrogen-bond donors (Lipinski definition) is 1. The molecular weight excluding hydrogens is 214 g/mol. The van der Waals surface area contributed by atoms with E-state index in [1.54, 1.807) is 0 Å². The maximum atomic E-state index is 5.97. The van der Waals surface area contributed by atoms with Crippen LogP contribution in [-0.4, -0.2) is 32.4 Å². The summed E-state index contributed by atoms with van der Waals surface area (Å²) >= 11 is 0. The maximum absolute atomic E-state index is 5.97. The Hall–Kier alpha value is -1.06. The standard InChI is InChI=1S/C14H21NO2/c1-3-11-4-6-12(7-5-11)17-14-10-16-9-8-13(14)15-2/h4-7,13-15H,3,8-10H2,1-2H3. The van der Waals surface area contributed by atoms with Gasteiger partial charge >= 0.3 is 0 Å². The maximum Gasteiger partial charge on any atom is 0.137 e. The van der Waals surface area contributed by atoms with E-state index in [2.05, 4.69) is 24.4 Å². The van der Waals surface area contributed by atoms with Crippen LogP contribution in [0.4, 0.5) is 0 Å². The zero-order chi connectivity index (χ0) is 12.1. The van der Waals surface area contributed by atoms with Crippen molar-refractivity contribution >= 4 is 0 Å². The molecule has 17 heavy (non-hydrogen) atoms. The van der Waals surface area contributed by atoms with Crippen molar-refractivity contribution in [3.05, 3.63) is 29.8 Å². The molecule has 0 amide bonds. The molecule has 2 atom stereocenters. The number of hydrogen-bond acceptors (Lipinski definition) is 3. The molecule has 0 aliphatic carbocycles. The predicted molar refractivity (Wildman–Crippen MR) is 68.5 cm³/mol. The SMILES string of the molecule is CCc1ccc(OC2COCCC2NC)cc1. The average molecular weight is 235 g/mol. The molecule has 94 valence electrons. The van der Waals surface area contributed by atoms with Gasteiger partial charge < -0.3 is 14.8 Å². The number of rotatable bonds is 4. The van der Waals surface area contributed by atoms with E-state index in [1.807, 2.05) is 19.2 Å². The van der Waals surface area contributed by atoms with Crippen molar-refractivity contribution < 1.29 is 9.47 Å². The Morgan fingerprint density at radius 1 is 1.35 bits per heavy atom. The van der Waals surface area contributed by atoms with E-state index in [1.165, 1.54) is 5.56 Å². The second-order valence-electron chi connectivity index (χ2n) is 4.41. The lowest BCUT2D eigenvalue weighted by Gasteiger charge is -2.31. The van der Waals surface area contributed by atoms with Gasteiger partial charge in [-0.05, 0) is 37.6 Å². The molecule has 1 heterocycles. The number of nitrogens with one attached hydrogen (secondary N) is 1. The summed E-state index contributed by atoms with van der Waals surface area (Å²) in [6.45, 7) is 3.64. The molecule has 2 unspecified atom stereocenters. The summed E-state index contributed by atoms with van der Waals surface area (Å²) in [6.07, 6.45) is 2.18. The molecule has 0 saturated carbocycles. The highest BCUT2D eigenvalue weighted by Gasteiger charge is 2.25. The largest absolute Gasteiger partial charge is 0.486 e. The first-order valence-electron chi connectivity index (χ1n) is 6.34. The Kier molecular flexibility index (Phi) is 4.40. The lowest BCUT2D eigenvalue weighted by molar-refractivity contribution is -0.0129. The van der Waals surface area contributed by atoms with Gasteiger partial charge in [-0.3, -0.25) is 0 Å². The Labute approximate surface area is 103 Å². The number of aryl methyl sites for hydroxylation is 1. The molecule has 1 saturated heterocycles. The van der Waals surface area contributed by atoms with E-state index in [-0.39, 0.29) is 6.10 Å². The minimum atomic E-state index is 0.112. The number of benzene rings is 1. The van der Waals surface area contributed by atoms with Crippen molar-refractivity contribution in [2.75, 3.05) is 20.3 Å². The van der Waals surface area contributed by atoms with Crippen molar-refractivity contribution in [3.63, 3.8) is 0 Å². The van der Waals surface area contributed by atoms with Gasteiger partial charge in [0.1, 0.15) is 11.9 Å². The normalized spacial score (nSPS) is 24.6. The van der Waals surface area contributed by atoms with Gasteiger partial charge in [-0.2, -0.15) is 0 Å². The second kappa shape index (κ2) is 6.03. The van der Waals surface area contributed by atoms with Gasteiger partial charge in [-0.15, -0.1) is 0 Å². The molecule has 0 bridgehead atoms. The molecule has 0 spiro atoms. The molecule has 1 N–H and O–H groups in total. The summed E-state index contributed by atoms with van der Waals surface area (Å²) in [5.41, 5.74) is 1.34. The monoisotopic (exact) mass is 235 g/mol. The third-order valence-electron chi connectivity index (χ3n) is 3.29. The van der Waals surface area contributed by atoms with Crippen molar-refractivity contribution in [3.8, 4) is 5.75 Å². The summed E-state index contributed by atoms with van der Waals surface area (Å²) in [6, 6.07) is 8.70. The minimum Gasteiger partial charge on any atom is -0.486 e. The molecule has 0 aromatic heterocycles. The Bertz CT molecular complexity index is 337. The first kappa shape index (κ1) is 12.4. The van der Waals surface area contributed by atoms with Crippen LogP contribution in [0.3, 0.4) is 0 Å². The van der Waals surface area contributed by atoms with Gasteiger partial charge in [0.25, 0.3) is 0 Å². The summed E-state index contributed by atoms with van der Waals surface area (Å²) in [5, 5.41) is 3.29. The molecular formula is C14H21NO2. The second-order valence-corrected chi connectivity index (χ2v) is 4.41. The quantitative estimate of drug-likeness (QED) is 0.866. The molecule has 1 aliphatic heterocycles. The van der Waals surface area contributed by atoms with Gasteiger partial charge in [0.05, 0.1) is 6.61 Å². The Morgan fingerprint density at radius 3 is 2.76 bits per heavy atom. The Balaban J connectivity index is 1.98. The molecule has 3 heteroatoms. The lowest BCUT2D eigenvalue weighted by Crippen LogP contribution is -2.48. The molecule has 3 nitrogen and oxygen atoms in total. The van der Waals surface area contributed by atoms with E-state index in [4.69, 9.17) is 9.47 Å². The molecule has 2 rings (SSSR count). The van der Waals surface area contributed by atoms with Gasteiger partial charge in [0.2, 0.25) is 0 Å². The van der Waals surface area contributed by atoms with Crippen LogP contribution in [0, 0.1) is 0 Å². The van der Waals surface area contributed by atoms with Crippen LogP contribution < -0.4 is 10.1 Å². The van der Waals surface area contributed by atoms with Gasteiger partial charge in [0, 0.05) is 12.6 Å². The van der Waals surface area contributed by atoms with Crippen LogP contribution >= 0.6 is 0 Å². The zero-order valence-electron chi connectivity index (χ0n) is 10.6. The summed E-state index contributed by atoms with van der Waals surface area (Å²) < 4.78 is 11.4. The summed E-state index contributed by atoms with van der Waals surface area (Å²) in [5.74, 6) is 0.929. The zero-order valence-corrected chi connectivity index (χ0v) is 10.6. The van der Waals surface area contributed by atoms with Crippen molar-refractivity contribution in [1.29, 1.82) is 0 Å². The van der Waals surface area contributed by atoms with Crippen LogP contribution in [-0.2, 0) is 11.2 Å². The van der Waals surface area contributed by atoms with E-state index in [0.29, 0.717) is 12.6 Å². The van der Waals surface area contributed by atoms with Crippen LogP contribution in [0.1, 0.15) is 18.9 Å². The van der Waals surface area contributed by atoms with Crippen molar-refractivity contribution in [2.24, 2.45) is 0 Å². The van der Waals surface area contributed by atoms with Crippen LogP contribution in [0.15, 0.2) is 24.3 Å². The molecule has 1 aromatic carbocycles. The van der Waals surface area contributed by atoms with Gasteiger partial charge in [-0.1, -0.05) is 19.1 Å². The molecule has 1 aromatic rings. The fraction of sp³-hybridized carbons (Fsp3) is 0.571. The van der Waals surface area contributed by atoms with E-state index < -0.39 is 0 Å². The topological polar surface area (TPSA) is 30.5 Å². The average Bonchev–Trinajstić information content (AvgIpc) is 2.40. The van der Waals surface area contributed by atoms with E-state index >= 15 is 0 Å². The fourth-order valence-electron chi connectivity index (χ4n) is 2.14. The van der Waals surface area contributed by atoms with Crippen LogP contribution in [0.2, 0.25) is 0 Å². The summed E-state index contributed by atoms with van der Waals surface area (Å²) in [4.78, 5) is 0. The molecule has 0 radical (unpaired) electrons. The van der Waals surface area contributed by atoms with E-state index in [0.717, 1.165) is 25.2 Å². The Morgan fingerprint density at radius 2 is 2.12 bits per heavy atom. The third kappa shape index (κ3) is 3.20. The molecule has 1 fully saturated rings. The first-order chi connectivity index (χ1) is 8.33. The fourth-order valence-corrected chi connectivity index (χ4v) is 2.14. The predicted octanol–water partition coefficient (Wildman–Crippen LogP) is 2.00. The summed E-state index contributed by atoms with van der Waals surface area (Å²) in [7, 11) is 1.98. The van der Waals surface area contributed by atoms with Crippen LogP contribution in [0.25, 0.3) is 0 Å². The van der Waals surface area contributed by atoms with Gasteiger partial charge in [0.15, 0.2) is 0 Å². The lowest BCUT2D eigenvalue weighted by atomic mass is 10.1.